The Labute approximate surface area is 164 Å². The zero-order valence-corrected chi connectivity index (χ0v) is 16.2. The van der Waals surface area contributed by atoms with Crippen LogP contribution in [0.25, 0.3) is 0 Å². The van der Waals surface area contributed by atoms with Gasteiger partial charge in [-0.1, -0.05) is 23.2 Å². The summed E-state index contributed by atoms with van der Waals surface area (Å²) in [6.07, 6.45) is -2.81. The molecule has 1 aliphatic rings. The van der Waals surface area contributed by atoms with Crippen molar-refractivity contribution in [3.8, 4) is 0 Å². The van der Waals surface area contributed by atoms with E-state index in [-0.39, 0.29) is 20.6 Å². The van der Waals surface area contributed by atoms with E-state index in [1.807, 2.05) is 4.90 Å². The topological polar surface area (TPSA) is 49.4 Å². The first-order valence-corrected chi connectivity index (χ1v) is 10.3. The minimum atomic E-state index is -4.59. The largest absolute Gasteiger partial charge is 0.416 e. The molecule has 1 heterocycles. The second kappa shape index (κ2) is 7.41. The molecule has 2 aromatic carbocycles. The number of hydrogen-bond acceptors (Lipinski definition) is 3. The van der Waals surface area contributed by atoms with Crippen LogP contribution in [0.15, 0.2) is 41.3 Å². The van der Waals surface area contributed by atoms with Crippen molar-refractivity contribution in [2.75, 3.05) is 22.7 Å². The summed E-state index contributed by atoms with van der Waals surface area (Å²) in [5, 5.41) is 0.204. The third-order valence-electron chi connectivity index (χ3n) is 4.22. The van der Waals surface area contributed by atoms with Crippen molar-refractivity contribution < 1.29 is 21.6 Å². The van der Waals surface area contributed by atoms with Gasteiger partial charge in [-0.05, 0) is 49.2 Å². The fourth-order valence-electron chi connectivity index (χ4n) is 2.88. The minimum absolute atomic E-state index is 0.0309. The molecule has 27 heavy (non-hydrogen) atoms. The van der Waals surface area contributed by atoms with Crippen LogP contribution in [0.5, 0.6) is 0 Å². The normalized spacial score (nSPS) is 15.2. The van der Waals surface area contributed by atoms with E-state index < -0.39 is 21.8 Å². The minimum Gasteiger partial charge on any atom is -0.370 e. The van der Waals surface area contributed by atoms with Crippen molar-refractivity contribution in [1.29, 1.82) is 0 Å². The maximum Gasteiger partial charge on any atom is 0.416 e. The fourth-order valence-corrected chi connectivity index (χ4v) is 4.33. The van der Waals surface area contributed by atoms with E-state index in [1.54, 1.807) is 0 Å². The first-order valence-electron chi connectivity index (χ1n) is 8.02. The smallest absolute Gasteiger partial charge is 0.370 e. The Balaban J connectivity index is 2.03. The van der Waals surface area contributed by atoms with Gasteiger partial charge in [0.05, 0.1) is 31.9 Å². The van der Waals surface area contributed by atoms with Crippen molar-refractivity contribution in [2.45, 2.75) is 23.9 Å². The molecule has 0 radical (unpaired) electrons. The molecule has 1 saturated heterocycles. The molecule has 0 amide bonds. The molecule has 0 saturated carbocycles. The van der Waals surface area contributed by atoms with E-state index in [1.165, 1.54) is 18.2 Å². The Hall–Kier alpha value is -1.64. The Kier molecular flexibility index (Phi) is 5.52. The molecule has 0 unspecified atom stereocenters. The predicted molar refractivity (Wildman–Crippen MR) is 100 cm³/mol. The zero-order chi connectivity index (χ0) is 19.8. The van der Waals surface area contributed by atoms with Gasteiger partial charge in [-0.15, -0.1) is 0 Å². The first-order chi connectivity index (χ1) is 12.6. The van der Waals surface area contributed by atoms with Gasteiger partial charge in [-0.25, -0.2) is 8.42 Å². The van der Waals surface area contributed by atoms with Crippen LogP contribution in [-0.4, -0.2) is 21.5 Å². The quantitative estimate of drug-likeness (QED) is 0.693. The fraction of sp³-hybridized carbons (Fsp3) is 0.294. The van der Waals surface area contributed by atoms with Crippen molar-refractivity contribution in [1.82, 2.24) is 0 Å². The summed E-state index contributed by atoms with van der Waals surface area (Å²) >= 11 is 11.7. The molecule has 0 atom stereocenters. The summed E-state index contributed by atoms with van der Waals surface area (Å²) in [5.41, 5.74) is -0.654. The average Bonchev–Trinajstić information content (AvgIpc) is 3.10. The molecule has 1 fully saturated rings. The third-order valence-corrected chi connectivity index (χ3v) is 6.32. The van der Waals surface area contributed by atoms with E-state index in [4.69, 9.17) is 23.2 Å². The van der Waals surface area contributed by atoms with Gasteiger partial charge in [0.1, 0.15) is 0 Å². The maximum atomic E-state index is 13.1. The van der Waals surface area contributed by atoms with Crippen LogP contribution in [-0.2, 0) is 16.2 Å². The van der Waals surface area contributed by atoms with Gasteiger partial charge in [0, 0.05) is 13.1 Å². The third kappa shape index (κ3) is 4.44. The lowest BCUT2D eigenvalue weighted by atomic mass is 10.1. The van der Waals surface area contributed by atoms with Crippen LogP contribution in [0.4, 0.5) is 24.5 Å². The van der Waals surface area contributed by atoms with E-state index in [9.17, 15) is 21.6 Å². The average molecular weight is 439 g/mol. The molecule has 4 nitrogen and oxygen atoms in total. The summed E-state index contributed by atoms with van der Waals surface area (Å²) in [7, 11) is -4.15. The van der Waals surface area contributed by atoms with Crippen molar-refractivity contribution in [3.63, 3.8) is 0 Å². The predicted octanol–water partition coefficient (Wildman–Crippen LogP) is 5.41. The molecule has 2 aromatic rings. The molecule has 146 valence electrons. The number of rotatable bonds is 4. The second-order valence-corrected chi connectivity index (χ2v) is 8.60. The van der Waals surface area contributed by atoms with E-state index in [0.717, 1.165) is 31.0 Å². The monoisotopic (exact) mass is 438 g/mol. The summed E-state index contributed by atoms with van der Waals surface area (Å²) in [4.78, 5) is 1.66. The SMILES string of the molecule is O=S(=O)(Nc1cc(C(F)(F)F)ccc1N1CCCC1)c1ccc(Cl)c(Cl)c1. The van der Waals surface area contributed by atoms with Gasteiger partial charge in [0.25, 0.3) is 10.0 Å². The number of hydrogen-bond donors (Lipinski definition) is 1. The number of anilines is 2. The second-order valence-electron chi connectivity index (χ2n) is 6.11. The highest BCUT2D eigenvalue weighted by Gasteiger charge is 2.32. The van der Waals surface area contributed by atoms with Crippen LogP contribution in [0.2, 0.25) is 10.0 Å². The lowest BCUT2D eigenvalue weighted by Crippen LogP contribution is -2.22. The summed E-state index contributed by atoms with van der Waals surface area (Å²) in [6.45, 7) is 1.29. The number of nitrogens with one attached hydrogen (secondary N) is 1. The van der Waals surface area contributed by atoms with Crippen LogP contribution in [0.3, 0.4) is 0 Å². The Morgan fingerprint density at radius 2 is 1.63 bits per heavy atom. The van der Waals surface area contributed by atoms with E-state index >= 15 is 0 Å². The summed E-state index contributed by atoms with van der Waals surface area (Å²) in [6, 6.07) is 6.75. The van der Waals surface area contributed by atoms with E-state index in [2.05, 4.69) is 4.72 Å². The molecule has 10 heteroatoms. The van der Waals surface area contributed by atoms with Crippen molar-refractivity contribution >= 4 is 44.6 Å². The molecule has 0 spiro atoms. The molecule has 0 aliphatic carbocycles. The number of benzene rings is 2. The lowest BCUT2D eigenvalue weighted by Gasteiger charge is -2.23. The van der Waals surface area contributed by atoms with Crippen LogP contribution >= 0.6 is 23.2 Å². The molecular weight excluding hydrogens is 424 g/mol. The molecule has 3 rings (SSSR count). The first kappa shape index (κ1) is 20.1. The van der Waals surface area contributed by atoms with Crippen molar-refractivity contribution in [2.24, 2.45) is 0 Å². The molecule has 0 bridgehead atoms. The standard InChI is InChI=1S/C17H15Cl2F3N2O2S/c18-13-5-4-12(10-14(13)19)27(25,26)23-15-9-11(17(20,21)22)3-6-16(15)24-7-1-2-8-24/h3-6,9-10,23H,1-2,7-8H2. The Morgan fingerprint density at radius 1 is 0.963 bits per heavy atom. The van der Waals surface area contributed by atoms with Gasteiger partial charge in [0.2, 0.25) is 0 Å². The van der Waals surface area contributed by atoms with Gasteiger partial charge in [-0.3, -0.25) is 4.72 Å². The summed E-state index contributed by atoms with van der Waals surface area (Å²) in [5.74, 6) is 0. The van der Waals surface area contributed by atoms with Gasteiger partial charge in [0.15, 0.2) is 0 Å². The van der Waals surface area contributed by atoms with Gasteiger partial charge in [-0.2, -0.15) is 13.2 Å². The highest BCUT2D eigenvalue weighted by Crippen LogP contribution is 2.37. The number of sulfonamides is 1. The van der Waals surface area contributed by atoms with Crippen LogP contribution in [0, 0.1) is 0 Å². The van der Waals surface area contributed by atoms with Gasteiger partial charge >= 0.3 is 6.18 Å². The molecule has 0 aromatic heterocycles. The molecule has 1 N–H and O–H groups in total. The maximum absolute atomic E-state index is 13.1. The van der Waals surface area contributed by atoms with E-state index in [0.29, 0.717) is 18.8 Å². The highest BCUT2D eigenvalue weighted by atomic mass is 35.5. The molecular formula is C17H15Cl2F3N2O2S. The Bertz CT molecular complexity index is 959. The lowest BCUT2D eigenvalue weighted by molar-refractivity contribution is -0.137. The number of halogens is 5. The number of nitrogens with zero attached hydrogens (tertiary/aromatic N) is 1. The zero-order valence-electron chi connectivity index (χ0n) is 13.9. The number of alkyl halides is 3. The molecule has 1 aliphatic heterocycles. The van der Waals surface area contributed by atoms with Crippen LogP contribution in [0.1, 0.15) is 18.4 Å². The summed E-state index contributed by atoms with van der Waals surface area (Å²) < 4.78 is 67.0. The Morgan fingerprint density at radius 3 is 2.22 bits per heavy atom. The van der Waals surface area contributed by atoms with Crippen LogP contribution < -0.4 is 9.62 Å². The highest BCUT2D eigenvalue weighted by molar-refractivity contribution is 7.92. The van der Waals surface area contributed by atoms with Gasteiger partial charge < -0.3 is 4.90 Å². The van der Waals surface area contributed by atoms with Crippen molar-refractivity contribution in [3.05, 3.63) is 52.0 Å².